The molecule has 0 fully saturated rings. The first-order valence-electron chi connectivity index (χ1n) is 6.89. The lowest BCUT2D eigenvalue weighted by atomic mass is 10.2. The van der Waals surface area contributed by atoms with E-state index in [1.165, 1.54) is 17.4 Å². The van der Waals surface area contributed by atoms with Crippen LogP contribution in [0.15, 0.2) is 48.5 Å². The molecule has 1 aromatic heterocycles. The van der Waals surface area contributed by atoms with Crippen molar-refractivity contribution in [3.63, 3.8) is 0 Å². The SMILES string of the molecule is O=Cc1cc(OCc2cc3ccccc3s2)cc(OC(F)(F)F)c1. The summed E-state index contributed by atoms with van der Waals surface area (Å²) in [7, 11) is 0. The summed E-state index contributed by atoms with van der Waals surface area (Å²) in [6.07, 6.45) is -4.39. The Hall–Kier alpha value is -2.54. The zero-order valence-electron chi connectivity index (χ0n) is 12.2. The Labute approximate surface area is 139 Å². The third kappa shape index (κ3) is 4.05. The van der Waals surface area contributed by atoms with Crippen LogP contribution in [0.4, 0.5) is 13.2 Å². The van der Waals surface area contributed by atoms with Crippen LogP contribution < -0.4 is 9.47 Å². The molecule has 2 aromatic carbocycles. The molecular formula is C17H11F3O3S. The average molecular weight is 352 g/mol. The Morgan fingerprint density at radius 3 is 2.50 bits per heavy atom. The molecular weight excluding hydrogens is 341 g/mol. The number of hydrogen-bond acceptors (Lipinski definition) is 4. The van der Waals surface area contributed by atoms with Crippen LogP contribution in [0.2, 0.25) is 0 Å². The zero-order chi connectivity index (χ0) is 17.2. The molecule has 3 rings (SSSR count). The lowest BCUT2D eigenvalue weighted by Gasteiger charge is -2.11. The summed E-state index contributed by atoms with van der Waals surface area (Å²) in [6.45, 7) is 0.188. The molecule has 0 aliphatic heterocycles. The van der Waals surface area contributed by atoms with Gasteiger partial charge in [-0.15, -0.1) is 24.5 Å². The van der Waals surface area contributed by atoms with Crippen molar-refractivity contribution in [1.82, 2.24) is 0 Å². The second-order valence-corrected chi connectivity index (χ2v) is 6.11. The van der Waals surface area contributed by atoms with Gasteiger partial charge in [0.05, 0.1) is 0 Å². The molecule has 0 N–H and O–H groups in total. The smallest absolute Gasteiger partial charge is 0.488 e. The highest BCUT2D eigenvalue weighted by molar-refractivity contribution is 7.19. The lowest BCUT2D eigenvalue weighted by Crippen LogP contribution is -2.17. The van der Waals surface area contributed by atoms with Gasteiger partial charge in [-0.05, 0) is 29.7 Å². The Morgan fingerprint density at radius 1 is 1.04 bits per heavy atom. The highest BCUT2D eigenvalue weighted by atomic mass is 32.1. The summed E-state index contributed by atoms with van der Waals surface area (Å²) in [5.74, 6) is -0.352. The van der Waals surface area contributed by atoms with Gasteiger partial charge in [-0.2, -0.15) is 0 Å². The standard InChI is InChI=1S/C17H11F3O3S/c18-17(19,20)23-14-6-11(9-21)5-13(8-14)22-10-15-7-12-3-1-2-4-16(12)24-15/h1-9H,10H2. The number of carbonyl (C=O) groups is 1. The quantitative estimate of drug-likeness (QED) is 0.593. The minimum atomic E-state index is -4.83. The van der Waals surface area contributed by atoms with E-state index in [0.29, 0.717) is 6.29 Å². The van der Waals surface area contributed by atoms with Gasteiger partial charge in [0.15, 0.2) is 0 Å². The molecule has 0 saturated carbocycles. The number of benzene rings is 2. The van der Waals surface area contributed by atoms with Gasteiger partial charge in [0.25, 0.3) is 0 Å². The van der Waals surface area contributed by atoms with Gasteiger partial charge in [0.1, 0.15) is 24.4 Å². The third-order valence-electron chi connectivity index (χ3n) is 3.13. The summed E-state index contributed by atoms with van der Waals surface area (Å²) in [6, 6.07) is 13.2. The van der Waals surface area contributed by atoms with Gasteiger partial charge in [-0.1, -0.05) is 18.2 Å². The fraction of sp³-hybridized carbons (Fsp3) is 0.118. The number of fused-ring (bicyclic) bond motifs is 1. The zero-order valence-corrected chi connectivity index (χ0v) is 13.0. The lowest BCUT2D eigenvalue weighted by molar-refractivity contribution is -0.274. The molecule has 0 bridgehead atoms. The first-order chi connectivity index (χ1) is 11.4. The van der Waals surface area contributed by atoms with Crippen molar-refractivity contribution >= 4 is 27.7 Å². The molecule has 0 amide bonds. The van der Waals surface area contributed by atoms with E-state index in [1.807, 2.05) is 30.3 Å². The van der Waals surface area contributed by atoms with Crippen molar-refractivity contribution in [1.29, 1.82) is 0 Å². The van der Waals surface area contributed by atoms with Gasteiger partial charge in [-0.3, -0.25) is 4.79 Å². The van der Waals surface area contributed by atoms with Crippen LogP contribution >= 0.6 is 11.3 Å². The maximum Gasteiger partial charge on any atom is 0.573 e. The number of halogens is 3. The molecule has 0 radical (unpaired) electrons. The molecule has 0 unspecified atom stereocenters. The largest absolute Gasteiger partial charge is 0.573 e. The van der Waals surface area contributed by atoms with Crippen LogP contribution in [-0.4, -0.2) is 12.6 Å². The molecule has 124 valence electrons. The minimum absolute atomic E-state index is 0.0445. The van der Waals surface area contributed by atoms with E-state index in [0.717, 1.165) is 27.1 Å². The Morgan fingerprint density at radius 2 is 1.79 bits per heavy atom. The van der Waals surface area contributed by atoms with Crippen molar-refractivity contribution in [3.05, 3.63) is 59.0 Å². The van der Waals surface area contributed by atoms with E-state index in [1.54, 1.807) is 0 Å². The summed E-state index contributed by atoms with van der Waals surface area (Å²) >= 11 is 1.53. The van der Waals surface area contributed by atoms with Gasteiger partial charge in [-0.25, -0.2) is 0 Å². The highest BCUT2D eigenvalue weighted by Gasteiger charge is 2.31. The van der Waals surface area contributed by atoms with E-state index >= 15 is 0 Å². The van der Waals surface area contributed by atoms with E-state index in [4.69, 9.17) is 4.74 Å². The molecule has 0 saturated heterocycles. The van der Waals surface area contributed by atoms with Crippen LogP contribution in [0.25, 0.3) is 10.1 Å². The molecule has 24 heavy (non-hydrogen) atoms. The molecule has 0 aliphatic rings. The Bertz CT molecular complexity index is 838. The highest BCUT2D eigenvalue weighted by Crippen LogP contribution is 2.30. The number of aldehydes is 1. The normalized spacial score (nSPS) is 11.5. The minimum Gasteiger partial charge on any atom is -0.488 e. The molecule has 0 spiro atoms. The van der Waals surface area contributed by atoms with Crippen molar-refractivity contribution in [2.75, 3.05) is 0 Å². The number of ether oxygens (including phenoxy) is 2. The summed E-state index contributed by atoms with van der Waals surface area (Å²) in [4.78, 5) is 11.8. The molecule has 3 aromatic rings. The molecule has 7 heteroatoms. The fourth-order valence-corrected chi connectivity index (χ4v) is 3.18. The van der Waals surface area contributed by atoms with E-state index < -0.39 is 12.1 Å². The predicted octanol–water partition coefficient (Wildman–Crippen LogP) is 5.19. The third-order valence-corrected chi connectivity index (χ3v) is 4.22. The monoisotopic (exact) mass is 352 g/mol. The number of carbonyl (C=O) groups excluding carboxylic acids is 1. The maximum absolute atomic E-state index is 12.3. The Kier molecular flexibility index (Phi) is 4.44. The molecule has 1 heterocycles. The topological polar surface area (TPSA) is 35.5 Å². The molecule has 3 nitrogen and oxygen atoms in total. The van der Waals surface area contributed by atoms with Crippen LogP contribution in [-0.2, 0) is 6.61 Å². The van der Waals surface area contributed by atoms with Gasteiger partial charge in [0, 0.05) is 21.2 Å². The van der Waals surface area contributed by atoms with Crippen LogP contribution in [0.3, 0.4) is 0 Å². The second-order valence-electron chi connectivity index (χ2n) is 4.94. The number of thiophene rings is 1. The van der Waals surface area contributed by atoms with Gasteiger partial charge < -0.3 is 9.47 Å². The summed E-state index contributed by atoms with van der Waals surface area (Å²) in [5, 5.41) is 1.07. The van der Waals surface area contributed by atoms with Crippen molar-refractivity contribution < 1.29 is 27.4 Å². The average Bonchev–Trinajstić information content (AvgIpc) is 2.94. The van der Waals surface area contributed by atoms with Crippen molar-refractivity contribution in [2.45, 2.75) is 13.0 Å². The first-order valence-corrected chi connectivity index (χ1v) is 7.71. The number of hydrogen-bond donors (Lipinski definition) is 0. The number of rotatable bonds is 5. The maximum atomic E-state index is 12.3. The van der Waals surface area contributed by atoms with Gasteiger partial charge in [0.2, 0.25) is 0 Å². The van der Waals surface area contributed by atoms with Crippen LogP contribution in [0.1, 0.15) is 15.2 Å². The summed E-state index contributed by atoms with van der Waals surface area (Å²) < 4.78 is 47.5. The fourth-order valence-electron chi connectivity index (χ4n) is 2.20. The van der Waals surface area contributed by atoms with Gasteiger partial charge >= 0.3 is 6.36 Å². The second kappa shape index (κ2) is 6.52. The van der Waals surface area contributed by atoms with Crippen LogP contribution in [0, 0.1) is 0 Å². The van der Waals surface area contributed by atoms with Crippen LogP contribution in [0.5, 0.6) is 11.5 Å². The first kappa shape index (κ1) is 16.3. The molecule has 0 atom stereocenters. The van der Waals surface area contributed by atoms with E-state index in [9.17, 15) is 18.0 Å². The van der Waals surface area contributed by atoms with Crippen molar-refractivity contribution in [2.24, 2.45) is 0 Å². The Balaban J connectivity index is 1.78. The summed E-state index contributed by atoms with van der Waals surface area (Å²) in [5.41, 5.74) is 0.0445. The number of alkyl halides is 3. The molecule has 0 aliphatic carbocycles. The van der Waals surface area contributed by atoms with E-state index in [-0.39, 0.29) is 17.9 Å². The van der Waals surface area contributed by atoms with E-state index in [2.05, 4.69) is 4.74 Å². The predicted molar refractivity (Wildman–Crippen MR) is 84.7 cm³/mol. The van der Waals surface area contributed by atoms with Crippen molar-refractivity contribution in [3.8, 4) is 11.5 Å².